The molecule has 1 heterocycles. The van der Waals surface area contributed by atoms with Gasteiger partial charge in [0, 0.05) is 23.9 Å². The molecule has 1 aliphatic carbocycles. The van der Waals surface area contributed by atoms with E-state index >= 15 is 0 Å². The maximum absolute atomic E-state index is 5.74. The van der Waals surface area contributed by atoms with Gasteiger partial charge in [-0.25, -0.2) is 0 Å². The molecule has 11 heavy (non-hydrogen) atoms. The predicted molar refractivity (Wildman–Crippen MR) is 45.4 cm³/mol. The first kappa shape index (κ1) is 6.92. The summed E-state index contributed by atoms with van der Waals surface area (Å²) in [5.74, 6) is 0. The van der Waals surface area contributed by atoms with E-state index in [-0.39, 0.29) is 0 Å². The summed E-state index contributed by atoms with van der Waals surface area (Å²) in [5, 5.41) is 0. The Kier molecular flexibility index (Phi) is 1.50. The molecular formula is C9H14N2. The van der Waals surface area contributed by atoms with Crippen molar-refractivity contribution < 1.29 is 0 Å². The van der Waals surface area contributed by atoms with Crippen LogP contribution in [0.3, 0.4) is 0 Å². The molecule has 2 nitrogen and oxygen atoms in total. The zero-order valence-electron chi connectivity index (χ0n) is 6.64. The molecule has 2 heteroatoms. The van der Waals surface area contributed by atoms with Crippen molar-refractivity contribution in [3.63, 3.8) is 0 Å². The van der Waals surface area contributed by atoms with Crippen LogP contribution in [0.4, 0.5) is 0 Å². The number of rotatable bonds is 2. The quantitative estimate of drug-likeness (QED) is 0.657. The average Bonchev–Trinajstić information content (AvgIpc) is 2.39. The topological polar surface area (TPSA) is 41.8 Å². The van der Waals surface area contributed by atoms with E-state index in [2.05, 4.69) is 11.1 Å². The minimum Gasteiger partial charge on any atom is -0.364 e. The summed E-state index contributed by atoms with van der Waals surface area (Å²) in [7, 11) is 0. The summed E-state index contributed by atoms with van der Waals surface area (Å²) in [6.07, 6.45) is 5.81. The Balaban J connectivity index is 2.25. The van der Waals surface area contributed by atoms with Crippen molar-refractivity contribution in [2.75, 3.05) is 6.54 Å². The summed E-state index contributed by atoms with van der Waals surface area (Å²) in [6.45, 7) is 0.785. The van der Waals surface area contributed by atoms with Gasteiger partial charge in [0.15, 0.2) is 0 Å². The van der Waals surface area contributed by atoms with Gasteiger partial charge in [0.05, 0.1) is 0 Å². The van der Waals surface area contributed by atoms with E-state index in [9.17, 15) is 0 Å². The first-order valence-electron chi connectivity index (χ1n) is 4.21. The van der Waals surface area contributed by atoms with Crippen molar-refractivity contribution in [2.45, 2.75) is 24.7 Å². The minimum atomic E-state index is 0.309. The molecule has 0 aromatic carbocycles. The van der Waals surface area contributed by atoms with Crippen molar-refractivity contribution in [1.29, 1.82) is 0 Å². The highest BCUT2D eigenvalue weighted by molar-refractivity contribution is 5.21. The van der Waals surface area contributed by atoms with Crippen molar-refractivity contribution >= 4 is 0 Å². The SMILES string of the molecule is NCC1(c2ccc[nH]2)CCC1. The summed E-state index contributed by atoms with van der Waals surface area (Å²) in [4.78, 5) is 3.25. The third-order valence-electron chi connectivity index (χ3n) is 2.87. The third-order valence-corrected chi connectivity index (χ3v) is 2.87. The highest BCUT2D eigenvalue weighted by Crippen LogP contribution is 2.41. The van der Waals surface area contributed by atoms with E-state index in [0.717, 1.165) is 6.54 Å². The zero-order chi connectivity index (χ0) is 7.73. The van der Waals surface area contributed by atoms with Crippen molar-refractivity contribution in [3.8, 4) is 0 Å². The molecule has 0 bridgehead atoms. The van der Waals surface area contributed by atoms with E-state index in [1.165, 1.54) is 25.0 Å². The largest absolute Gasteiger partial charge is 0.364 e. The lowest BCUT2D eigenvalue weighted by Crippen LogP contribution is -2.41. The van der Waals surface area contributed by atoms with Gasteiger partial charge in [0.1, 0.15) is 0 Å². The molecule has 3 N–H and O–H groups in total. The molecule has 0 saturated heterocycles. The van der Waals surface area contributed by atoms with Crippen LogP contribution < -0.4 is 5.73 Å². The van der Waals surface area contributed by atoms with E-state index in [0.29, 0.717) is 5.41 Å². The van der Waals surface area contributed by atoms with Gasteiger partial charge >= 0.3 is 0 Å². The first-order valence-corrected chi connectivity index (χ1v) is 4.21. The second kappa shape index (κ2) is 2.38. The van der Waals surface area contributed by atoms with Gasteiger partial charge in [-0.2, -0.15) is 0 Å². The van der Waals surface area contributed by atoms with E-state index in [1.807, 2.05) is 12.3 Å². The number of H-pyrrole nitrogens is 1. The molecular weight excluding hydrogens is 136 g/mol. The van der Waals surface area contributed by atoms with Gasteiger partial charge in [-0.05, 0) is 25.0 Å². The Labute approximate surface area is 66.8 Å². The minimum absolute atomic E-state index is 0.309. The van der Waals surface area contributed by atoms with Crippen LogP contribution in [0.25, 0.3) is 0 Å². The van der Waals surface area contributed by atoms with Crippen molar-refractivity contribution in [3.05, 3.63) is 24.0 Å². The molecule has 1 aromatic heterocycles. The normalized spacial score (nSPS) is 21.2. The highest BCUT2D eigenvalue weighted by Gasteiger charge is 2.37. The van der Waals surface area contributed by atoms with Crippen LogP contribution >= 0.6 is 0 Å². The van der Waals surface area contributed by atoms with E-state index in [1.54, 1.807) is 0 Å². The molecule has 0 aliphatic heterocycles. The number of hydrogen-bond donors (Lipinski definition) is 2. The summed E-state index contributed by atoms with van der Waals surface area (Å²) < 4.78 is 0. The number of hydrogen-bond acceptors (Lipinski definition) is 1. The third kappa shape index (κ3) is 0.897. The summed E-state index contributed by atoms with van der Waals surface area (Å²) >= 11 is 0. The molecule has 1 aromatic rings. The number of aromatic amines is 1. The maximum atomic E-state index is 5.74. The Bertz CT molecular complexity index is 216. The molecule has 0 spiro atoms. The highest BCUT2D eigenvalue weighted by atomic mass is 14.8. The van der Waals surface area contributed by atoms with Crippen LogP contribution in [0.15, 0.2) is 18.3 Å². The molecule has 1 fully saturated rings. The number of nitrogens with two attached hydrogens (primary N) is 1. The van der Waals surface area contributed by atoms with E-state index < -0.39 is 0 Å². The predicted octanol–water partition coefficient (Wildman–Crippen LogP) is 1.40. The standard InChI is InChI=1S/C9H14N2/c10-7-9(4-2-5-9)8-3-1-6-11-8/h1,3,6,11H,2,4-5,7,10H2. The van der Waals surface area contributed by atoms with Crippen LogP contribution in [0.5, 0.6) is 0 Å². The zero-order valence-corrected chi connectivity index (χ0v) is 6.64. The van der Waals surface area contributed by atoms with Gasteiger partial charge < -0.3 is 10.7 Å². The summed E-state index contributed by atoms with van der Waals surface area (Å²) in [5.41, 5.74) is 7.37. The van der Waals surface area contributed by atoms with Crippen LogP contribution in [0.1, 0.15) is 25.0 Å². The fraction of sp³-hybridized carbons (Fsp3) is 0.556. The molecule has 2 rings (SSSR count). The lowest BCUT2D eigenvalue weighted by molar-refractivity contribution is 0.247. The van der Waals surface area contributed by atoms with Gasteiger partial charge in [-0.1, -0.05) is 6.42 Å². The van der Waals surface area contributed by atoms with E-state index in [4.69, 9.17) is 5.73 Å². The average molecular weight is 150 g/mol. The van der Waals surface area contributed by atoms with Crippen LogP contribution in [-0.4, -0.2) is 11.5 Å². The molecule has 1 aliphatic rings. The second-order valence-corrected chi connectivity index (χ2v) is 3.42. The van der Waals surface area contributed by atoms with Crippen LogP contribution in [0.2, 0.25) is 0 Å². The van der Waals surface area contributed by atoms with Crippen molar-refractivity contribution in [1.82, 2.24) is 4.98 Å². The fourth-order valence-corrected chi connectivity index (χ4v) is 1.85. The van der Waals surface area contributed by atoms with Crippen LogP contribution in [0, 0.1) is 0 Å². The second-order valence-electron chi connectivity index (χ2n) is 3.42. The monoisotopic (exact) mass is 150 g/mol. The molecule has 0 amide bonds. The van der Waals surface area contributed by atoms with Crippen LogP contribution in [-0.2, 0) is 5.41 Å². The maximum Gasteiger partial charge on any atom is 0.0226 e. The Morgan fingerprint density at radius 3 is 2.73 bits per heavy atom. The fourth-order valence-electron chi connectivity index (χ4n) is 1.85. The molecule has 60 valence electrons. The molecule has 0 atom stereocenters. The molecule has 1 saturated carbocycles. The summed E-state index contributed by atoms with van der Waals surface area (Å²) in [6, 6.07) is 4.19. The smallest absolute Gasteiger partial charge is 0.0226 e. The Morgan fingerprint density at radius 1 is 1.55 bits per heavy atom. The van der Waals surface area contributed by atoms with Gasteiger partial charge in [-0.3, -0.25) is 0 Å². The molecule has 0 radical (unpaired) electrons. The van der Waals surface area contributed by atoms with Crippen molar-refractivity contribution in [2.24, 2.45) is 5.73 Å². The van der Waals surface area contributed by atoms with Gasteiger partial charge in [0.2, 0.25) is 0 Å². The van der Waals surface area contributed by atoms with Gasteiger partial charge in [0.25, 0.3) is 0 Å². The number of aromatic nitrogens is 1. The first-order chi connectivity index (χ1) is 5.37. The molecule has 0 unspecified atom stereocenters. The Hall–Kier alpha value is -0.760. The van der Waals surface area contributed by atoms with Gasteiger partial charge in [-0.15, -0.1) is 0 Å². The number of nitrogens with one attached hydrogen (secondary N) is 1. The lowest BCUT2D eigenvalue weighted by Gasteiger charge is -2.40. The lowest BCUT2D eigenvalue weighted by atomic mass is 9.67. The Morgan fingerprint density at radius 2 is 2.36 bits per heavy atom.